The molecule has 1 nitrogen and oxygen atoms in total. The standard InChI is InChI=1S/C8H14O/c1-2-7-3-4-8(5-7)6-9/h2,8-9H,3-6H2,1H3/t8-/m0/s1/i9T. The van der Waals surface area contributed by atoms with Crippen molar-refractivity contribution in [2.24, 2.45) is 5.92 Å². The van der Waals surface area contributed by atoms with Crippen LogP contribution < -0.4 is 0 Å². The van der Waals surface area contributed by atoms with Gasteiger partial charge in [0.05, 0.1) is 0 Å². The minimum absolute atomic E-state index is 0.608. The van der Waals surface area contributed by atoms with Crippen LogP contribution in [0.15, 0.2) is 11.6 Å². The van der Waals surface area contributed by atoms with Gasteiger partial charge in [-0.2, -0.15) is 0 Å². The molecule has 0 amide bonds. The smallest absolute Gasteiger partial charge is 0.210 e. The molecule has 52 valence electrons. The molecular formula is C8H14O. The van der Waals surface area contributed by atoms with Crippen LogP contribution in [0, 0.1) is 5.92 Å². The van der Waals surface area contributed by atoms with Crippen molar-refractivity contribution in [3.63, 3.8) is 0 Å². The third-order valence-corrected chi connectivity index (χ3v) is 2.07. The molecule has 0 spiro atoms. The lowest BCUT2D eigenvalue weighted by molar-refractivity contribution is 0.231. The summed E-state index contributed by atoms with van der Waals surface area (Å²) < 4.78 is 6.57. The number of aliphatic hydroxyl groups is 1. The normalized spacial score (nSPS) is 33.2. The van der Waals surface area contributed by atoms with Crippen LogP contribution in [0.2, 0.25) is 0 Å². The zero-order valence-corrected chi connectivity index (χ0v) is 5.89. The molecule has 0 heterocycles. The van der Waals surface area contributed by atoms with Crippen LogP contribution in [-0.4, -0.2) is 13.1 Å². The topological polar surface area (TPSA) is 20.2 Å². The molecule has 1 aliphatic carbocycles. The van der Waals surface area contributed by atoms with E-state index >= 15 is 0 Å². The molecular weight excluding hydrogens is 112 g/mol. The molecule has 1 saturated carbocycles. The van der Waals surface area contributed by atoms with E-state index in [-0.39, 0.29) is 0 Å². The Labute approximate surface area is 57.9 Å². The fourth-order valence-corrected chi connectivity index (χ4v) is 1.37. The van der Waals surface area contributed by atoms with Crippen molar-refractivity contribution in [3.05, 3.63) is 11.6 Å². The van der Waals surface area contributed by atoms with Gasteiger partial charge in [0.25, 0.3) is 0 Å². The SMILES string of the molecule is [3H]OC[C@H]1CCC(=CC)C1. The average molecular weight is 128 g/mol. The van der Waals surface area contributed by atoms with Crippen LogP contribution >= 0.6 is 0 Å². The van der Waals surface area contributed by atoms with Crippen molar-refractivity contribution < 1.29 is 5.11 Å². The van der Waals surface area contributed by atoms with E-state index < -0.39 is 0 Å². The first-order chi connectivity index (χ1) is 4.86. The minimum Gasteiger partial charge on any atom is -0.396 e. The molecule has 0 aromatic heterocycles. The van der Waals surface area contributed by atoms with Gasteiger partial charge < -0.3 is 5.11 Å². The Kier molecular flexibility index (Phi) is 1.84. The highest BCUT2D eigenvalue weighted by Crippen LogP contribution is 2.29. The Morgan fingerprint density at radius 2 is 2.89 bits per heavy atom. The van der Waals surface area contributed by atoms with Gasteiger partial charge in [-0.05, 0) is 32.1 Å². The first-order valence-corrected chi connectivity index (χ1v) is 3.59. The third kappa shape index (κ3) is 1.55. The van der Waals surface area contributed by atoms with Crippen molar-refractivity contribution in [2.45, 2.75) is 26.2 Å². The molecule has 0 saturated heterocycles. The van der Waals surface area contributed by atoms with Crippen molar-refractivity contribution in [3.8, 4) is 0 Å². The van der Waals surface area contributed by atoms with E-state index in [1.54, 1.807) is 0 Å². The highest BCUT2D eigenvalue weighted by Gasteiger charge is 2.16. The molecule has 1 N–H and O–H groups in total. The molecule has 0 unspecified atom stereocenters. The summed E-state index contributed by atoms with van der Waals surface area (Å²) in [7, 11) is 0. The van der Waals surface area contributed by atoms with Crippen molar-refractivity contribution in [1.29, 1.82) is 1.43 Å². The van der Waals surface area contributed by atoms with E-state index in [9.17, 15) is 0 Å². The summed E-state index contributed by atoms with van der Waals surface area (Å²) in [6.07, 6.45) is 5.75. The van der Waals surface area contributed by atoms with E-state index in [4.69, 9.17) is 1.43 Å². The van der Waals surface area contributed by atoms with Gasteiger partial charge in [-0.1, -0.05) is 11.6 Å². The fraction of sp³-hybridized carbons (Fsp3) is 0.750. The van der Waals surface area contributed by atoms with Crippen molar-refractivity contribution >= 4 is 0 Å². The van der Waals surface area contributed by atoms with E-state index in [2.05, 4.69) is 18.1 Å². The number of allylic oxidation sites excluding steroid dienone is 2. The van der Waals surface area contributed by atoms with E-state index in [0.29, 0.717) is 12.5 Å². The minimum atomic E-state index is 0.608. The van der Waals surface area contributed by atoms with E-state index in [1.165, 1.54) is 18.4 Å². The maximum atomic E-state index is 6.57. The lowest BCUT2D eigenvalue weighted by Gasteiger charge is -1.99. The van der Waals surface area contributed by atoms with Crippen LogP contribution in [0.5, 0.6) is 0 Å². The molecule has 1 aliphatic rings. The molecule has 1 heteroatoms. The molecule has 9 heavy (non-hydrogen) atoms. The Hall–Kier alpha value is -0.300. The average Bonchev–Trinajstić information content (AvgIpc) is 2.37. The Bertz CT molecular complexity index is 131. The van der Waals surface area contributed by atoms with Gasteiger partial charge in [0.15, 0.2) is 0 Å². The van der Waals surface area contributed by atoms with Gasteiger partial charge in [-0.15, -0.1) is 0 Å². The predicted molar refractivity (Wildman–Crippen MR) is 38.2 cm³/mol. The Morgan fingerprint density at radius 1 is 2.00 bits per heavy atom. The van der Waals surface area contributed by atoms with Crippen molar-refractivity contribution in [1.82, 2.24) is 0 Å². The predicted octanol–water partition coefficient (Wildman–Crippen LogP) is 1.73. The zero-order valence-electron chi connectivity index (χ0n) is 6.89. The first-order valence-electron chi connectivity index (χ1n) is 3.99. The number of hydrogen-bond acceptors (Lipinski definition) is 1. The molecule has 0 radical (unpaired) electrons. The van der Waals surface area contributed by atoms with E-state index in [0.717, 1.165) is 6.42 Å². The summed E-state index contributed by atoms with van der Waals surface area (Å²) >= 11 is 0. The van der Waals surface area contributed by atoms with Gasteiger partial charge in [-0.3, -0.25) is 0 Å². The van der Waals surface area contributed by atoms with Gasteiger partial charge in [0.2, 0.25) is 1.43 Å². The summed E-state index contributed by atoms with van der Waals surface area (Å²) in [5, 5.41) is 4.34. The van der Waals surface area contributed by atoms with Crippen LogP contribution in [0.4, 0.5) is 0 Å². The highest BCUT2D eigenvalue weighted by atomic mass is 16.3. The van der Waals surface area contributed by atoms with Crippen molar-refractivity contribution in [2.75, 3.05) is 6.61 Å². The molecule has 1 fully saturated rings. The number of hydrogen-bond donors (Lipinski definition) is 1. The number of rotatable bonds is 2. The lowest BCUT2D eigenvalue weighted by atomic mass is 10.1. The maximum absolute atomic E-state index is 6.57. The van der Waals surface area contributed by atoms with Crippen LogP contribution in [0.3, 0.4) is 0 Å². The molecule has 0 aromatic carbocycles. The molecule has 0 aromatic rings. The second-order valence-corrected chi connectivity index (χ2v) is 2.72. The van der Waals surface area contributed by atoms with Gasteiger partial charge in [-0.25, -0.2) is 0 Å². The fourth-order valence-electron chi connectivity index (χ4n) is 1.37. The Balaban J connectivity index is 2.29. The third-order valence-electron chi connectivity index (χ3n) is 2.07. The second-order valence-electron chi connectivity index (χ2n) is 2.72. The zero-order chi connectivity index (χ0) is 7.40. The van der Waals surface area contributed by atoms with E-state index in [1.807, 2.05) is 0 Å². The maximum Gasteiger partial charge on any atom is 0.210 e. The summed E-state index contributed by atoms with van der Waals surface area (Å²) in [6, 6.07) is 0. The summed E-state index contributed by atoms with van der Waals surface area (Å²) in [4.78, 5) is 0. The van der Waals surface area contributed by atoms with Gasteiger partial charge >= 0.3 is 0 Å². The highest BCUT2D eigenvalue weighted by molar-refractivity contribution is 5.06. The lowest BCUT2D eigenvalue weighted by Crippen LogP contribution is -1.97. The molecule has 0 bridgehead atoms. The summed E-state index contributed by atoms with van der Waals surface area (Å²) in [5.41, 5.74) is 1.53. The monoisotopic (exact) mass is 128 g/mol. The second kappa shape index (κ2) is 3.02. The van der Waals surface area contributed by atoms with Crippen LogP contribution in [-0.2, 0) is 0 Å². The summed E-state index contributed by atoms with van der Waals surface area (Å²) in [5.74, 6) is 0.615. The van der Waals surface area contributed by atoms with Crippen LogP contribution in [0.1, 0.15) is 26.2 Å². The largest absolute Gasteiger partial charge is 0.396 e. The first kappa shape index (κ1) is 5.48. The van der Waals surface area contributed by atoms with Gasteiger partial charge in [0.1, 0.15) is 0 Å². The molecule has 1 atom stereocenters. The molecule has 1 rings (SSSR count). The van der Waals surface area contributed by atoms with Crippen LogP contribution in [0.25, 0.3) is 0 Å². The molecule has 0 aliphatic heterocycles. The van der Waals surface area contributed by atoms with Gasteiger partial charge in [0, 0.05) is 6.61 Å². The quantitative estimate of drug-likeness (QED) is 0.561. The number of aliphatic hydroxyl groups excluding tert-OH is 1. The Morgan fingerprint density at radius 3 is 3.44 bits per heavy atom. The summed E-state index contributed by atoms with van der Waals surface area (Å²) in [6.45, 7) is 2.69.